The molecular formula is C11H11BrN2OS2. The first-order chi connectivity index (χ1) is 8.19. The number of hydrogen-bond donors (Lipinski definition) is 0. The second-order valence-electron chi connectivity index (χ2n) is 3.38. The molecule has 2 heterocycles. The molecule has 0 unspecified atom stereocenters. The van der Waals surface area contributed by atoms with Crippen molar-refractivity contribution in [2.75, 3.05) is 0 Å². The molecule has 0 aliphatic rings. The highest BCUT2D eigenvalue weighted by Crippen LogP contribution is 2.26. The van der Waals surface area contributed by atoms with Crippen LogP contribution >= 0.6 is 39.0 Å². The van der Waals surface area contributed by atoms with Crippen LogP contribution in [0.5, 0.6) is 0 Å². The van der Waals surface area contributed by atoms with Gasteiger partial charge in [0, 0.05) is 24.6 Å². The molecule has 2 rings (SSSR count). The van der Waals surface area contributed by atoms with Crippen LogP contribution in [0.25, 0.3) is 0 Å². The van der Waals surface area contributed by atoms with Gasteiger partial charge in [0.1, 0.15) is 0 Å². The fourth-order valence-corrected chi connectivity index (χ4v) is 3.63. The monoisotopic (exact) mass is 330 g/mol. The lowest BCUT2D eigenvalue weighted by atomic mass is 10.4. The summed E-state index contributed by atoms with van der Waals surface area (Å²) in [6.45, 7) is 2.86. The highest BCUT2D eigenvalue weighted by atomic mass is 79.9. The molecule has 0 bridgehead atoms. The molecule has 2 aromatic heterocycles. The van der Waals surface area contributed by atoms with E-state index in [0.717, 1.165) is 21.2 Å². The summed E-state index contributed by atoms with van der Waals surface area (Å²) in [6.07, 6.45) is 1.79. The lowest BCUT2D eigenvalue weighted by Crippen LogP contribution is -2.12. The highest BCUT2D eigenvalue weighted by molar-refractivity contribution is 9.11. The first kappa shape index (κ1) is 12.9. The van der Waals surface area contributed by atoms with Crippen molar-refractivity contribution in [1.82, 2.24) is 9.55 Å². The molecule has 0 N–H and O–H groups in total. The first-order valence-corrected chi connectivity index (χ1v) is 7.78. The molecule has 2 aromatic rings. The Morgan fingerprint density at radius 3 is 3.06 bits per heavy atom. The van der Waals surface area contributed by atoms with Crippen molar-refractivity contribution in [3.8, 4) is 0 Å². The second kappa shape index (κ2) is 5.84. The van der Waals surface area contributed by atoms with Gasteiger partial charge in [-0.1, -0.05) is 11.8 Å². The van der Waals surface area contributed by atoms with Gasteiger partial charge in [-0.2, -0.15) is 4.98 Å². The number of nitrogens with zero attached hydrogens (tertiary/aromatic N) is 2. The van der Waals surface area contributed by atoms with Crippen molar-refractivity contribution in [2.45, 2.75) is 24.4 Å². The average Bonchev–Trinajstić information content (AvgIpc) is 2.73. The molecule has 0 spiro atoms. The number of hydrogen-bond acceptors (Lipinski definition) is 4. The van der Waals surface area contributed by atoms with Gasteiger partial charge >= 0.3 is 0 Å². The Hall–Kier alpha value is -0.590. The third kappa shape index (κ3) is 3.43. The van der Waals surface area contributed by atoms with E-state index in [1.54, 1.807) is 29.3 Å². The molecule has 6 heteroatoms. The summed E-state index contributed by atoms with van der Waals surface area (Å²) in [5, 5.41) is 2.89. The van der Waals surface area contributed by atoms with Gasteiger partial charge in [-0.05, 0) is 39.9 Å². The summed E-state index contributed by atoms with van der Waals surface area (Å²) in [7, 11) is 0. The Bertz CT molecular complexity index is 565. The standard InChI is InChI=1S/C11H11BrN2OS2/c1-2-14-4-3-10(15)13-11(14)17-7-8-5-9(12)16-6-8/h3-6H,2,7H2,1H3. The smallest absolute Gasteiger partial charge is 0.273 e. The molecular weight excluding hydrogens is 320 g/mol. The molecule has 0 amide bonds. The Kier molecular flexibility index (Phi) is 4.42. The van der Waals surface area contributed by atoms with Crippen LogP contribution in [0, 0.1) is 0 Å². The van der Waals surface area contributed by atoms with Crippen LogP contribution in [0.4, 0.5) is 0 Å². The maximum absolute atomic E-state index is 11.2. The maximum Gasteiger partial charge on any atom is 0.273 e. The van der Waals surface area contributed by atoms with E-state index in [9.17, 15) is 4.79 Å². The topological polar surface area (TPSA) is 34.9 Å². The van der Waals surface area contributed by atoms with Gasteiger partial charge in [0.25, 0.3) is 5.56 Å². The second-order valence-corrected chi connectivity index (χ2v) is 6.62. The minimum absolute atomic E-state index is 0.177. The molecule has 0 aromatic carbocycles. The molecule has 0 radical (unpaired) electrons. The predicted molar refractivity (Wildman–Crippen MR) is 75.8 cm³/mol. The van der Waals surface area contributed by atoms with E-state index in [2.05, 4.69) is 32.4 Å². The summed E-state index contributed by atoms with van der Waals surface area (Å²) < 4.78 is 3.11. The molecule has 90 valence electrons. The molecule has 0 saturated heterocycles. The van der Waals surface area contributed by atoms with Crippen LogP contribution in [0.3, 0.4) is 0 Å². The zero-order valence-corrected chi connectivity index (χ0v) is 12.4. The fraction of sp³-hybridized carbons (Fsp3) is 0.273. The van der Waals surface area contributed by atoms with Crippen LogP contribution in [0.15, 0.2) is 37.4 Å². The number of halogens is 1. The van der Waals surface area contributed by atoms with Crippen molar-refractivity contribution in [3.63, 3.8) is 0 Å². The molecule has 0 aliphatic heterocycles. The first-order valence-electron chi connectivity index (χ1n) is 5.12. The highest BCUT2D eigenvalue weighted by Gasteiger charge is 2.04. The maximum atomic E-state index is 11.2. The van der Waals surface area contributed by atoms with Crippen molar-refractivity contribution >= 4 is 39.0 Å². The van der Waals surface area contributed by atoms with E-state index in [1.165, 1.54) is 11.6 Å². The van der Waals surface area contributed by atoms with Gasteiger partial charge in [0.2, 0.25) is 0 Å². The zero-order chi connectivity index (χ0) is 12.3. The normalized spacial score (nSPS) is 10.7. The lowest BCUT2D eigenvalue weighted by molar-refractivity contribution is 0.640. The van der Waals surface area contributed by atoms with Gasteiger partial charge in [-0.15, -0.1) is 11.3 Å². The largest absolute Gasteiger partial charge is 0.328 e. The Balaban J connectivity index is 2.13. The summed E-state index contributed by atoms with van der Waals surface area (Å²) in [4.78, 5) is 15.3. The summed E-state index contributed by atoms with van der Waals surface area (Å²) in [5.41, 5.74) is 1.07. The third-order valence-electron chi connectivity index (χ3n) is 2.18. The number of thioether (sulfide) groups is 1. The number of rotatable bonds is 4. The zero-order valence-electron chi connectivity index (χ0n) is 9.22. The van der Waals surface area contributed by atoms with E-state index in [-0.39, 0.29) is 5.56 Å². The van der Waals surface area contributed by atoms with Gasteiger partial charge in [-0.25, -0.2) is 0 Å². The lowest BCUT2D eigenvalue weighted by Gasteiger charge is -2.07. The van der Waals surface area contributed by atoms with E-state index < -0.39 is 0 Å². The number of aromatic nitrogens is 2. The predicted octanol–water partition coefficient (Wildman–Crippen LogP) is 3.38. The van der Waals surface area contributed by atoms with Crippen LogP contribution < -0.4 is 5.56 Å². The van der Waals surface area contributed by atoms with Gasteiger partial charge < -0.3 is 4.57 Å². The Morgan fingerprint density at radius 2 is 2.41 bits per heavy atom. The summed E-state index contributed by atoms with van der Waals surface area (Å²) in [6, 6.07) is 3.59. The van der Waals surface area contributed by atoms with Crippen LogP contribution in [-0.2, 0) is 12.3 Å². The van der Waals surface area contributed by atoms with Gasteiger partial charge in [-0.3, -0.25) is 4.79 Å². The van der Waals surface area contributed by atoms with Crippen LogP contribution in [0.1, 0.15) is 12.5 Å². The SMILES string of the molecule is CCn1ccc(=O)nc1SCc1csc(Br)c1. The fourth-order valence-electron chi connectivity index (χ4n) is 1.34. The minimum atomic E-state index is -0.177. The van der Waals surface area contributed by atoms with E-state index in [4.69, 9.17) is 0 Å². The molecule has 0 atom stereocenters. The summed E-state index contributed by atoms with van der Waals surface area (Å²) in [5.74, 6) is 0.832. The molecule has 17 heavy (non-hydrogen) atoms. The van der Waals surface area contributed by atoms with Crippen LogP contribution in [-0.4, -0.2) is 9.55 Å². The van der Waals surface area contributed by atoms with E-state index in [1.807, 2.05) is 11.5 Å². The van der Waals surface area contributed by atoms with E-state index in [0.29, 0.717) is 0 Å². The summed E-state index contributed by atoms with van der Waals surface area (Å²) >= 11 is 6.69. The average molecular weight is 331 g/mol. The van der Waals surface area contributed by atoms with Crippen molar-refractivity contribution in [1.29, 1.82) is 0 Å². The van der Waals surface area contributed by atoms with Crippen molar-refractivity contribution in [3.05, 3.63) is 43.4 Å². The minimum Gasteiger partial charge on any atom is -0.328 e. The van der Waals surface area contributed by atoms with Gasteiger partial charge in [0.15, 0.2) is 5.16 Å². The van der Waals surface area contributed by atoms with Crippen molar-refractivity contribution in [2.24, 2.45) is 0 Å². The Labute approximate surface area is 116 Å². The van der Waals surface area contributed by atoms with E-state index >= 15 is 0 Å². The molecule has 3 nitrogen and oxygen atoms in total. The molecule has 0 fully saturated rings. The molecule has 0 saturated carbocycles. The third-order valence-corrected chi connectivity index (χ3v) is 4.79. The molecule has 0 aliphatic carbocycles. The van der Waals surface area contributed by atoms with Gasteiger partial charge in [0.05, 0.1) is 3.79 Å². The number of aryl methyl sites for hydroxylation is 1. The Morgan fingerprint density at radius 1 is 1.59 bits per heavy atom. The van der Waals surface area contributed by atoms with Crippen molar-refractivity contribution < 1.29 is 0 Å². The quantitative estimate of drug-likeness (QED) is 0.636. The number of thiophene rings is 1. The van der Waals surface area contributed by atoms with Crippen LogP contribution in [0.2, 0.25) is 0 Å².